The van der Waals surface area contributed by atoms with Crippen molar-refractivity contribution >= 4 is 40.5 Å². The van der Waals surface area contributed by atoms with E-state index < -0.39 is 0 Å². The minimum absolute atomic E-state index is 0.0538. The lowest BCUT2D eigenvalue weighted by Gasteiger charge is -2.13. The first-order chi connectivity index (χ1) is 11.9. The molecule has 0 aliphatic heterocycles. The molecule has 0 radical (unpaired) electrons. The van der Waals surface area contributed by atoms with Crippen molar-refractivity contribution in [2.45, 2.75) is 13.8 Å². The highest BCUT2D eigenvalue weighted by molar-refractivity contribution is 6.31. The van der Waals surface area contributed by atoms with E-state index in [-0.39, 0.29) is 18.4 Å². The molecule has 0 fully saturated rings. The maximum Gasteiger partial charge on any atom is 0.243 e. The number of ether oxygens (including phenoxy) is 1. The normalized spacial score (nSPS) is 10.1. The summed E-state index contributed by atoms with van der Waals surface area (Å²) in [6, 6.07) is 10.5. The number of aryl methyl sites for hydroxylation is 1. The summed E-state index contributed by atoms with van der Waals surface area (Å²) in [6.45, 7) is 3.40. The SMILES string of the molecule is COc1ccc(Cl)cc1NC(=O)CNc1ccc(C)c(NC(C)=O)c1. The molecule has 0 bridgehead atoms. The Bertz CT molecular complexity index is 793. The molecule has 2 amide bonds. The fraction of sp³-hybridized carbons (Fsp3) is 0.222. The van der Waals surface area contributed by atoms with Crippen molar-refractivity contribution in [3.05, 3.63) is 47.0 Å². The molecule has 132 valence electrons. The Kier molecular flexibility index (Phi) is 6.25. The second kappa shape index (κ2) is 8.39. The van der Waals surface area contributed by atoms with Gasteiger partial charge in [-0.1, -0.05) is 17.7 Å². The largest absolute Gasteiger partial charge is 0.495 e. The van der Waals surface area contributed by atoms with E-state index >= 15 is 0 Å². The number of amides is 2. The summed E-state index contributed by atoms with van der Waals surface area (Å²) in [4.78, 5) is 23.4. The predicted molar refractivity (Wildman–Crippen MR) is 101 cm³/mol. The van der Waals surface area contributed by atoms with E-state index in [0.29, 0.717) is 22.1 Å². The van der Waals surface area contributed by atoms with Crippen LogP contribution in [0.2, 0.25) is 5.02 Å². The number of nitrogens with one attached hydrogen (secondary N) is 3. The lowest BCUT2D eigenvalue weighted by molar-refractivity contribution is -0.115. The van der Waals surface area contributed by atoms with Gasteiger partial charge in [0.05, 0.1) is 19.3 Å². The Morgan fingerprint density at radius 1 is 1.08 bits per heavy atom. The summed E-state index contributed by atoms with van der Waals surface area (Å²) in [5.74, 6) is 0.134. The molecule has 2 aromatic carbocycles. The number of methoxy groups -OCH3 is 1. The summed E-state index contributed by atoms with van der Waals surface area (Å²) < 4.78 is 5.20. The Hall–Kier alpha value is -2.73. The average Bonchev–Trinajstić information content (AvgIpc) is 2.55. The van der Waals surface area contributed by atoms with Crippen LogP contribution in [0, 0.1) is 6.92 Å². The van der Waals surface area contributed by atoms with Gasteiger partial charge in [-0.15, -0.1) is 0 Å². The van der Waals surface area contributed by atoms with Crippen molar-refractivity contribution in [2.75, 3.05) is 29.6 Å². The molecule has 0 aliphatic carbocycles. The zero-order chi connectivity index (χ0) is 18.4. The first-order valence-electron chi connectivity index (χ1n) is 7.64. The van der Waals surface area contributed by atoms with Gasteiger partial charge in [0, 0.05) is 23.3 Å². The molecule has 2 rings (SSSR count). The van der Waals surface area contributed by atoms with Gasteiger partial charge in [0.15, 0.2) is 0 Å². The van der Waals surface area contributed by atoms with Crippen molar-refractivity contribution in [1.82, 2.24) is 0 Å². The quantitative estimate of drug-likeness (QED) is 0.733. The smallest absolute Gasteiger partial charge is 0.243 e. The van der Waals surface area contributed by atoms with Crippen molar-refractivity contribution in [2.24, 2.45) is 0 Å². The minimum atomic E-state index is -0.248. The van der Waals surface area contributed by atoms with Gasteiger partial charge >= 0.3 is 0 Å². The molecule has 0 aromatic heterocycles. The maximum absolute atomic E-state index is 12.2. The molecule has 0 unspecified atom stereocenters. The lowest BCUT2D eigenvalue weighted by atomic mass is 10.1. The van der Waals surface area contributed by atoms with Crippen LogP contribution in [0.4, 0.5) is 17.1 Å². The van der Waals surface area contributed by atoms with E-state index in [4.69, 9.17) is 16.3 Å². The van der Waals surface area contributed by atoms with Crippen LogP contribution in [0.15, 0.2) is 36.4 Å². The number of benzene rings is 2. The zero-order valence-electron chi connectivity index (χ0n) is 14.3. The molecule has 0 saturated heterocycles. The van der Waals surface area contributed by atoms with Crippen LogP contribution in [-0.2, 0) is 9.59 Å². The third-order valence-corrected chi connectivity index (χ3v) is 3.67. The first kappa shape index (κ1) is 18.6. The number of carbonyl (C=O) groups excluding carboxylic acids is 2. The minimum Gasteiger partial charge on any atom is -0.495 e. The third-order valence-electron chi connectivity index (χ3n) is 3.44. The Morgan fingerprint density at radius 3 is 2.52 bits per heavy atom. The first-order valence-corrected chi connectivity index (χ1v) is 8.02. The summed E-state index contributed by atoms with van der Waals surface area (Å²) in [5, 5.41) is 9.02. The summed E-state index contributed by atoms with van der Waals surface area (Å²) in [5.41, 5.74) is 2.87. The molecule has 0 spiro atoms. The highest BCUT2D eigenvalue weighted by Crippen LogP contribution is 2.27. The van der Waals surface area contributed by atoms with Crippen LogP contribution in [0.3, 0.4) is 0 Å². The second-order valence-corrected chi connectivity index (χ2v) is 5.89. The van der Waals surface area contributed by atoms with E-state index in [0.717, 1.165) is 11.3 Å². The van der Waals surface area contributed by atoms with E-state index in [9.17, 15) is 9.59 Å². The van der Waals surface area contributed by atoms with Gasteiger partial charge in [-0.3, -0.25) is 9.59 Å². The van der Waals surface area contributed by atoms with Gasteiger partial charge in [-0.2, -0.15) is 0 Å². The molecular formula is C18H20ClN3O3. The molecule has 2 aromatic rings. The topological polar surface area (TPSA) is 79.5 Å². The maximum atomic E-state index is 12.2. The second-order valence-electron chi connectivity index (χ2n) is 5.46. The van der Waals surface area contributed by atoms with Crippen LogP contribution in [0.25, 0.3) is 0 Å². The number of rotatable bonds is 6. The predicted octanol–water partition coefficient (Wildman–Crippen LogP) is 3.67. The average molecular weight is 362 g/mol. The Morgan fingerprint density at radius 2 is 1.84 bits per heavy atom. The summed E-state index contributed by atoms with van der Waals surface area (Å²) in [7, 11) is 1.52. The number of hydrogen-bond donors (Lipinski definition) is 3. The Balaban J connectivity index is 2.01. The zero-order valence-corrected chi connectivity index (χ0v) is 15.0. The molecule has 0 heterocycles. The number of hydrogen-bond acceptors (Lipinski definition) is 4. The molecule has 7 heteroatoms. The number of carbonyl (C=O) groups is 2. The van der Waals surface area contributed by atoms with E-state index in [1.807, 2.05) is 19.1 Å². The van der Waals surface area contributed by atoms with Crippen LogP contribution in [0.5, 0.6) is 5.75 Å². The van der Waals surface area contributed by atoms with Gasteiger partial charge in [0.25, 0.3) is 0 Å². The summed E-state index contributed by atoms with van der Waals surface area (Å²) >= 11 is 5.95. The molecule has 25 heavy (non-hydrogen) atoms. The van der Waals surface area contributed by atoms with Crippen LogP contribution >= 0.6 is 11.6 Å². The number of halogens is 1. The van der Waals surface area contributed by atoms with Gasteiger partial charge in [0.1, 0.15) is 5.75 Å². The van der Waals surface area contributed by atoms with Crippen molar-refractivity contribution in [3.8, 4) is 5.75 Å². The van der Waals surface area contributed by atoms with Crippen molar-refractivity contribution < 1.29 is 14.3 Å². The highest BCUT2D eigenvalue weighted by atomic mass is 35.5. The lowest BCUT2D eigenvalue weighted by Crippen LogP contribution is -2.22. The van der Waals surface area contributed by atoms with E-state index in [1.54, 1.807) is 24.3 Å². The third kappa shape index (κ3) is 5.39. The Labute approximate surface area is 151 Å². The molecule has 0 aliphatic rings. The standard InChI is InChI=1S/C18H20ClN3O3/c1-11-4-6-14(9-15(11)21-12(2)23)20-10-18(24)22-16-8-13(19)5-7-17(16)25-3/h4-9,20H,10H2,1-3H3,(H,21,23)(H,22,24). The van der Waals surface area contributed by atoms with Crippen molar-refractivity contribution in [3.63, 3.8) is 0 Å². The molecule has 0 atom stereocenters. The van der Waals surface area contributed by atoms with Crippen LogP contribution < -0.4 is 20.7 Å². The van der Waals surface area contributed by atoms with Gasteiger partial charge in [-0.05, 0) is 42.8 Å². The highest BCUT2D eigenvalue weighted by Gasteiger charge is 2.09. The molecule has 0 saturated carbocycles. The van der Waals surface area contributed by atoms with E-state index in [1.165, 1.54) is 14.0 Å². The molecule has 6 nitrogen and oxygen atoms in total. The van der Waals surface area contributed by atoms with Gasteiger partial charge in [0.2, 0.25) is 11.8 Å². The van der Waals surface area contributed by atoms with Crippen LogP contribution in [0.1, 0.15) is 12.5 Å². The van der Waals surface area contributed by atoms with Crippen LogP contribution in [-0.4, -0.2) is 25.5 Å². The number of anilines is 3. The molecular weight excluding hydrogens is 342 g/mol. The monoisotopic (exact) mass is 361 g/mol. The fourth-order valence-corrected chi connectivity index (χ4v) is 2.38. The van der Waals surface area contributed by atoms with Gasteiger partial charge in [-0.25, -0.2) is 0 Å². The van der Waals surface area contributed by atoms with Gasteiger partial charge < -0.3 is 20.7 Å². The fourth-order valence-electron chi connectivity index (χ4n) is 2.21. The van der Waals surface area contributed by atoms with E-state index in [2.05, 4.69) is 16.0 Å². The molecule has 3 N–H and O–H groups in total. The van der Waals surface area contributed by atoms with Crippen molar-refractivity contribution in [1.29, 1.82) is 0 Å². The summed E-state index contributed by atoms with van der Waals surface area (Å²) in [6.07, 6.45) is 0.